The van der Waals surface area contributed by atoms with Crippen LogP contribution in [0.25, 0.3) is 6.08 Å². The van der Waals surface area contributed by atoms with E-state index in [1.54, 1.807) is 26.8 Å². The van der Waals surface area contributed by atoms with Crippen LogP contribution in [-0.2, 0) is 14.0 Å². The Labute approximate surface area is 159 Å². The molecule has 0 atom stereocenters. The highest BCUT2D eigenvalue weighted by molar-refractivity contribution is 6.56. The molecule has 0 saturated carbocycles. The maximum atomic E-state index is 12.0. The Balaban J connectivity index is 2.23. The van der Waals surface area contributed by atoms with Gasteiger partial charge in [0.05, 0.1) is 11.2 Å². The SMILES string of the molecule is CC(C)(C)OC(=O)NCC(=Cc1cnc(=O)[nH]c1)B1OC(C)(C)C(C)(C)O1. The molecule has 1 amide bonds. The normalized spacial score (nSPS) is 19.1. The maximum Gasteiger partial charge on any atom is 0.492 e. The Hall–Kier alpha value is -2.13. The highest BCUT2D eigenvalue weighted by atomic mass is 16.7. The molecule has 0 spiro atoms. The molecule has 1 fully saturated rings. The second-order valence-corrected chi connectivity index (χ2v) is 8.51. The standard InChI is InChI=1S/C18H28BN3O5/c1-16(2,3)25-15(24)22-11-13(8-12-9-20-14(23)21-10-12)19-26-17(4,5)18(6,7)27-19/h8-10H,11H2,1-7H3,(H,22,24)(H,20,21,23). The van der Waals surface area contributed by atoms with Crippen LogP contribution in [0.2, 0.25) is 0 Å². The summed E-state index contributed by atoms with van der Waals surface area (Å²) in [5.74, 6) is 0. The molecular formula is C18H28BN3O5. The van der Waals surface area contributed by atoms with Crippen LogP contribution < -0.4 is 11.0 Å². The van der Waals surface area contributed by atoms with Gasteiger partial charge in [0.15, 0.2) is 0 Å². The summed E-state index contributed by atoms with van der Waals surface area (Å²) in [6, 6.07) is 0. The minimum absolute atomic E-state index is 0.158. The molecule has 8 nitrogen and oxygen atoms in total. The average molecular weight is 377 g/mol. The number of hydrogen-bond acceptors (Lipinski definition) is 6. The molecule has 1 aliphatic rings. The Bertz CT molecular complexity index is 743. The molecule has 2 rings (SSSR count). The number of hydrogen-bond donors (Lipinski definition) is 2. The van der Waals surface area contributed by atoms with E-state index in [4.69, 9.17) is 14.0 Å². The van der Waals surface area contributed by atoms with E-state index in [-0.39, 0.29) is 6.54 Å². The van der Waals surface area contributed by atoms with E-state index >= 15 is 0 Å². The molecule has 9 heteroatoms. The molecule has 27 heavy (non-hydrogen) atoms. The van der Waals surface area contributed by atoms with Gasteiger partial charge in [-0.05, 0) is 53.9 Å². The molecule has 0 radical (unpaired) electrons. The molecule has 1 aromatic rings. The van der Waals surface area contributed by atoms with Crippen molar-refractivity contribution in [3.63, 3.8) is 0 Å². The number of aromatic amines is 1. The van der Waals surface area contributed by atoms with Gasteiger partial charge in [-0.25, -0.2) is 14.6 Å². The first-order valence-electron chi connectivity index (χ1n) is 8.87. The first-order chi connectivity index (χ1) is 12.3. The van der Waals surface area contributed by atoms with Crippen LogP contribution in [0.1, 0.15) is 54.0 Å². The van der Waals surface area contributed by atoms with Crippen LogP contribution >= 0.6 is 0 Å². The van der Waals surface area contributed by atoms with Gasteiger partial charge in [0.2, 0.25) is 0 Å². The zero-order chi connectivity index (χ0) is 20.5. The van der Waals surface area contributed by atoms with Crippen molar-refractivity contribution < 1.29 is 18.8 Å². The number of nitrogens with one attached hydrogen (secondary N) is 2. The molecule has 1 aromatic heterocycles. The van der Waals surface area contributed by atoms with Crippen LogP contribution in [-0.4, -0.2) is 46.5 Å². The third-order valence-electron chi connectivity index (χ3n) is 4.44. The van der Waals surface area contributed by atoms with Gasteiger partial charge in [-0.2, -0.15) is 0 Å². The summed E-state index contributed by atoms with van der Waals surface area (Å²) >= 11 is 0. The van der Waals surface area contributed by atoms with E-state index in [0.717, 1.165) is 0 Å². The second-order valence-electron chi connectivity index (χ2n) is 8.51. The molecule has 0 bridgehead atoms. The first-order valence-corrected chi connectivity index (χ1v) is 8.87. The monoisotopic (exact) mass is 377 g/mol. The van der Waals surface area contributed by atoms with E-state index in [1.165, 1.54) is 12.4 Å². The fraction of sp³-hybridized carbons (Fsp3) is 0.611. The van der Waals surface area contributed by atoms with E-state index in [0.29, 0.717) is 11.0 Å². The summed E-state index contributed by atoms with van der Waals surface area (Å²) < 4.78 is 17.4. The molecule has 1 aliphatic heterocycles. The van der Waals surface area contributed by atoms with Crippen molar-refractivity contribution in [2.75, 3.05) is 6.54 Å². The molecule has 0 unspecified atom stereocenters. The molecule has 0 aliphatic carbocycles. The smallest absolute Gasteiger partial charge is 0.444 e. The van der Waals surface area contributed by atoms with Crippen LogP contribution in [0.4, 0.5) is 4.79 Å². The minimum atomic E-state index is -0.656. The van der Waals surface area contributed by atoms with Crippen LogP contribution in [0, 0.1) is 0 Å². The van der Waals surface area contributed by atoms with Crippen molar-refractivity contribution in [1.82, 2.24) is 15.3 Å². The number of carbonyl (C=O) groups excluding carboxylic acids is 1. The summed E-state index contributed by atoms with van der Waals surface area (Å²) in [5.41, 5.74) is -0.742. The van der Waals surface area contributed by atoms with Crippen molar-refractivity contribution in [3.8, 4) is 0 Å². The number of nitrogens with zero attached hydrogens (tertiary/aromatic N) is 1. The third kappa shape index (κ3) is 5.67. The van der Waals surface area contributed by atoms with E-state index in [1.807, 2.05) is 27.7 Å². The largest absolute Gasteiger partial charge is 0.492 e. The topological polar surface area (TPSA) is 103 Å². The summed E-state index contributed by atoms with van der Waals surface area (Å²) in [7, 11) is -0.656. The Kier molecular flexibility index (Phi) is 5.87. The summed E-state index contributed by atoms with van der Waals surface area (Å²) in [6.45, 7) is 13.4. The molecule has 2 heterocycles. The molecular weight excluding hydrogens is 349 g/mol. The number of ether oxygens (including phenoxy) is 1. The van der Waals surface area contributed by atoms with Crippen LogP contribution in [0.3, 0.4) is 0 Å². The lowest BCUT2D eigenvalue weighted by Crippen LogP contribution is -2.41. The van der Waals surface area contributed by atoms with Crippen molar-refractivity contribution in [3.05, 3.63) is 33.9 Å². The second kappa shape index (κ2) is 7.48. The lowest BCUT2D eigenvalue weighted by Gasteiger charge is -2.32. The van der Waals surface area contributed by atoms with Gasteiger partial charge in [-0.1, -0.05) is 6.08 Å². The quantitative estimate of drug-likeness (QED) is 0.781. The van der Waals surface area contributed by atoms with Gasteiger partial charge in [0.1, 0.15) is 5.60 Å². The zero-order valence-corrected chi connectivity index (χ0v) is 17.0. The van der Waals surface area contributed by atoms with E-state index in [9.17, 15) is 9.59 Å². The van der Waals surface area contributed by atoms with Crippen molar-refractivity contribution in [2.45, 2.75) is 65.3 Å². The highest BCUT2D eigenvalue weighted by Gasteiger charge is 2.52. The Morgan fingerprint density at radius 3 is 2.37 bits per heavy atom. The van der Waals surface area contributed by atoms with Crippen molar-refractivity contribution >= 4 is 19.3 Å². The van der Waals surface area contributed by atoms with E-state index < -0.39 is 35.7 Å². The van der Waals surface area contributed by atoms with Gasteiger partial charge >= 0.3 is 18.9 Å². The minimum Gasteiger partial charge on any atom is -0.444 e. The van der Waals surface area contributed by atoms with Gasteiger partial charge in [-0.3, -0.25) is 0 Å². The zero-order valence-electron chi connectivity index (χ0n) is 17.0. The van der Waals surface area contributed by atoms with Gasteiger partial charge in [0.25, 0.3) is 0 Å². The fourth-order valence-corrected chi connectivity index (χ4v) is 2.33. The van der Waals surface area contributed by atoms with Gasteiger partial charge < -0.3 is 24.3 Å². The molecule has 148 valence electrons. The predicted octanol–water partition coefficient (Wildman–Crippen LogP) is 2.31. The van der Waals surface area contributed by atoms with Crippen LogP contribution in [0.5, 0.6) is 0 Å². The molecule has 2 N–H and O–H groups in total. The van der Waals surface area contributed by atoms with E-state index in [2.05, 4.69) is 15.3 Å². The van der Waals surface area contributed by atoms with Crippen LogP contribution in [0.15, 0.2) is 22.7 Å². The number of alkyl carbamates (subject to hydrolysis) is 1. The lowest BCUT2D eigenvalue weighted by atomic mass is 9.77. The average Bonchev–Trinajstić information content (AvgIpc) is 2.72. The third-order valence-corrected chi connectivity index (χ3v) is 4.44. The number of aromatic nitrogens is 2. The first kappa shape index (κ1) is 21.2. The van der Waals surface area contributed by atoms with Crippen molar-refractivity contribution in [1.29, 1.82) is 0 Å². The molecule has 0 aromatic carbocycles. The summed E-state index contributed by atoms with van der Waals surface area (Å²) in [6.07, 6.45) is 4.21. The summed E-state index contributed by atoms with van der Waals surface area (Å²) in [5, 5.41) is 2.72. The summed E-state index contributed by atoms with van der Waals surface area (Å²) in [4.78, 5) is 29.4. The Morgan fingerprint density at radius 2 is 1.89 bits per heavy atom. The maximum absolute atomic E-state index is 12.0. The number of carbonyl (C=O) groups is 1. The van der Waals surface area contributed by atoms with Gasteiger partial charge in [-0.15, -0.1) is 0 Å². The van der Waals surface area contributed by atoms with Crippen molar-refractivity contribution in [2.24, 2.45) is 0 Å². The fourth-order valence-electron chi connectivity index (χ4n) is 2.33. The number of H-pyrrole nitrogens is 1. The lowest BCUT2D eigenvalue weighted by molar-refractivity contribution is 0.00578. The Morgan fingerprint density at radius 1 is 1.30 bits per heavy atom. The number of rotatable bonds is 4. The predicted molar refractivity (Wildman–Crippen MR) is 103 cm³/mol. The highest BCUT2D eigenvalue weighted by Crippen LogP contribution is 2.38. The molecule has 1 saturated heterocycles. The number of amides is 1. The van der Waals surface area contributed by atoms with Gasteiger partial charge in [0, 0.05) is 24.5 Å².